The van der Waals surface area contributed by atoms with E-state index < -0.39 is 0 Å². The number of carbonyl (C=O) groups is 1. The zero-order chi connectivity index (χ0) is 17.4. The van der Waals surface area contributed by atoms with Crippen LogP contribution in [0.25, 0.3) is 6.08 Å². The molecule has 1 unspecified atom stereocenters. The summed E-state index contributed by atoms with van der Waals surface area (Å²) in [7, 11) is 0. The number of nitrogens with zero attached hydrogens (tertiary/aromatic N) is 2. The van der Waals surface area contributed by atoms with Gasteiger partial charge in [0.05, 0.1) is 17.3 Å². The maximum atomic E-state index is 12.2. The van der Waals surface area contributed by atoms with Gasteiger partial charge in [0.25, 0.3) is 0 Å². The fourth-order valence-corrected chi connectivity index (χ4v) is 3.21. The second-order valence-corrected chi connectivity index (χ2v) is 6.71. The van der Waals surface area contributed by atoms with Gasteiger partial charge in [-0.15, -0.1) is 0 Å². The molecule has 1 aromatic heterocycles. The summed E-state index contributed by atoms with van der Waals surface area (Å²) in [6.45, 7) is 2.29. The summed E-state index contributed by atoms with van der Waals surface area (Å²) in [6.07, 6.45) is 7.30. The Bertz CT molecular complexity index is 842. The number of amides is 1. The molecule has 0 saturated heterocycles. The SMILES string of the molecule is CC(C1CC1)n1nccc1NC(=O)/C=C/c1cc(Cl)c2c(c1)OCO2. The van der Waals surface area contributed by atoms with Crippen molar-refractivity contribution < 1.29 is 14.3 Å². The third-order valence-corrected chi connectivity index (χ3v) is 4.77. The maximum Gasteiger partial charge on any atom is 0.249 e. The quantitative estimate of drug-likeness (QED) is 0.822. The first-order chi connectivity index (χ1) is 12.1. The lowest BCUT2D eigenvalue weighted by Gasteiger charge is -2.14. The molecule has 2 aliphatic rings. The van der Waals surface area contributed by atoms with Gasteiger partial charge >= 0.3 is 0 Å². The van der Waals surface area contributed by atoms with E-state index in [1.807, 2.05) is 10.7 Å². The first-order valence-electron chi connectivity index (χ1n) is 8.23. The van der Waals surface area contributed by atoms with Crippen LogP contribution in [0.2, 0.25) is 5.02 Å². The second-order valence-electron chi connectivity index (χ2n) is 6.30. The van der Waals surface area contributed by atoms with Gasteiger partial charge in [-0.1, -0.05) is 11.6 Å². The molecule has 1 aliphatic carbocycles. The van der Waals surface area contributed by atoms with E-state index in [0.717, 1.165) is 5.56 Å². The zero-order valence-electron chi connectivity index (χ0n) is 13.7. The van der Waals surface area contributed by atoms with Crippen molar-refractivity contribution >= 4 is 29.4 Å². The molecule has 1 atom stereocenters. The molecule has 1 fully saturated rings. The van der Waals surface area contributed by atoms with Crippen molar-refractivity contribution in [2.45, 2.75) is 25.8 Å². The molecule has 0 bridgehead atoms. The molecule has 0 radical (unpaired) electrons. The number of ether oxygens (including phenoxy) is 2. The van der Waals surface area contributed by atoms with Crippen molar-refractivity contribution in [1.29, 1.82) is 0 Å². The van der Waals surface area contributed by atoms with Crippen LogP contribution in [0, 0.1) is 5.92 Å². The van der Waals surface area contributed by atoms with Gasteiger partial charge < -0.3 is 14.8 Å². The second kappa shape index (κ2) is 6.44. The molecule has 2 heterocycles. The van der Waals surface area contributed by atoms with Crippen molar-refractivity contribution in [1.82, 2.24) is 9.78 Å². The first kappa shape index (κ1) is 16.0. The number of hydrogen-bond donors (Lipinski definition) is 1. The average Bonchev–Trinajstić information content (AvgIpc) is 3.15. The predicted octanol–water partition coefficient (Wildman–Crippen LogP) is 3.89. The molecule has 1 aromatic carbocycles. The molecule has 25 heavy (non-hydrogen) atoms. The van der Waals surface area contributed by atoms with E-state index in [1.54, 1.807) is 24.4 Å². The molecule has 4 rings (SSSR count). The Morgan fingerprint density at radius 3 is 3.08 bits per heavy atom. The number of carbonyl (C=O) groups excluding carboxylic acids is 1. The Labute approximate surface area is 150 Å². The fourth-order valence-electron chi connectivity index (χ4n) is 2.94. The van der Waals surface area contributed by atoms with E-state index in [1.165, 1.54) is 18.9 Å². The maximum absolute atomic E-state index is 12.2. The minimum absolute atomic E-state index is 0.159. The van der Waals surface area contributed by atoms with Gasteiger partial charge in [0, 0.05) is 12.1 Å². The summed E-state index contributed by atoms with van der Waals surface area (Å²) in [6, 6.07) is 5.62. The molecular weight excluding hydrogens is 342 g/mol. The van der Waals surface area contributed by atoms with E-state index in [0.29, 0.717) is 34.3 Å². The summed E-state index contributed by atoms with van der Waals surface area (Å²) in [5.41, 5.74) is 0.768. The highest BCUT2D eigenvalue weighted by Gasteiger charge is 2.30. The number of benzene rings is 1. The molecule has 130 valence electrons. The van der Waals surface area contributed by atoms with Gasteiger partial charge in [-0.25, -0.2) is 4.68 Å². The van der Waals surface area contributed by atoms with Crippen molar-refractivity contribution in [2.24, 2.45) is 5.92 Å². The Morgan fingerprint density at radius 2 is 2.28 bits per heavy atom. The molecule has 2 aromatic rings. The molecule has 7 heteroatoms. The van der Waals surface area contributed by atoms with E-state index in [9.17, 15) is 4.79 Å². The number of halogens is 1. The predicted molar refractivity (Wildman–Crippen MR) is 94.9 cm³/mol. The van der Waals surface area contributed by atoms with Gasteiger partial charge in [0.15, 0.2) is 11.5 Å². The summed E-state index contributed by atoms with van der Waals surface area (Å²) < 4.78 is 12.5. The van der Waals surface area contributed by atoms with Crippen molar-refractivity contribution in [3.8, 4) is 11.5 Å². The minimum Gasteiger partial charge on any atom is -0.454 e. The van der Waals surface area contributed by atoms with Crippen LogP contribution in [0.3, 0.4) is 0 Å². The lowest BCUT2D eigenvalue weighted by atomic mass is 10.2. The van der Waals surface area contributed by atoms with Crippen LogP contribution in [0.5, 0.6) is 11.5 Å². The Hall–Kier alpha value is -2.47. The summed E-state index contributed by atoms with van der Waals surface area (Å²) in [4.78, 5) is 12.2. The summed E-state index contributed by atoms with van der Waals surface area (Å²) in [5.74, 6) is 2.27. The number of rotatable bonds is 5. The highest BCUT2D eigenvalue weighted by Crippen LogP contribution is 2.41. The molecule has 6 nitrogen and oxygen atoms in total. The average molecular weight is 360 g/mol. The summed E-state index contributed by atoms with van der Waals surface area (Å²) in [5, 5.41) is 7.67. The third-order valence-electron chi connectivity index (χ3n) is 4.49. The summed E-state index contributed by atoms with van der Waals surface area (Å²) >= 11 is 6.15. The highest BCUT2D eigenvalue weighted by molar-refractivity contribution is 6.32. The standard InChI is InChI=1S/C18H18ClN3O3/c1-11(13-3-4-13)22-16(6-7-20-22)21-17(23)5-2-12-8-14(19)18-15(9-12)24-10-25-18/h2,5-9,11,13H,3-4,10H2,1H3,(H,21,23)/b5-2+. The highest BCUT2D eigenvalue weighted by atomic mass is 35.5. The third kappa shape index (κ3) is 3.35. The fraction of sp³-hybridized carbons (Fsp3) is 0.333. The molecule has 1 aliphatic heterocycles. The number of hydrogen-bond acceptors (Lipinski definition) is 4. The van der Waals surface area contributed by atoms with Crippen LogP contribution >= 0.6 is 11.6 Å². The van der Waals surface area contributed by atoms with E-state index >= 15 is 0 Å². The van der Waals surface area contributed by atoms with Crippen molar-refractivity contribution in [3.05, 3.63) is 41.1 Å². The Balaban J connectivity index is 1.45. The first-order valence-corrected chi connectivity index (χ1v) is 8.61. The largest absolute Gasteiger partial charge is 0.454 e. The van der Waals surface area contributed by atoms with Gasteiger partial charge in [-0.3, -0.25) is 4.79 Å². The lowest BCUT2D eigenvalue weighted by Crippen LogP contribution is -2.16. The number of aromatic nitrogens is 2. The van der Waals surface area contributed by atoms with E-state index in [4.69, 9.17) is 21.1 Å². The van der Waals surface area contributed by atoms with Crippen LogP contribution in [-0.4, -0.2) is 22.5 Å². The van der Waals surface area contributed by atoms with E-state index in [-0.39, 0.29) is 12.7 Å². The Kier molecular flexibility index (Phi) is 4.13. The molecule has 1 N–H and O–H groups in total. The van der Waals surface area contributed by atoms with Gasteiger partial charge in [0.2, 0.25) is 12.7 Å². The van der Waals surface area contributed by atoms with Gasteiger partial charge in [-0.2, -0.15) is 5.10 Å². The van der Waals surface area contributed by atoms with Gasteiger partial charge in [0.1, 0.15) is 5.82 Å². The van der Waals surface area contributed by atoms with Crippen LogP contribution < -0.4 is 14.8 Å². The van der Waals surface area contributed by atoms with Crippen LogP contribution in [0.15, 0.2) is 30.5 Å². The minimum atomic E-state index is -0.224. The van der Waals surface area contributed by atoms with Crippen LogP contribution in [-0.2, 0) is 4.79 Å². The normalized spacial score (nSPS) is 17.0. The number of nitrogens with one attached hydrogen (secondary N) is 1. The van der Waals surface area contributed by atoms with Crippen molar-refractivity contribution in [3.63, 3.8) is 0 Å². The number of fused-ring (bicyclic) bond motifs is 1. The molecule has 0 spiro atoms. The number of anilines is 1. The van der Waals surface area contributed by atoms with Crippen LogP contribution in [0.4, 0.5) is 5.82 Å². The lowest BCUT2D eigenvalue weighted by molar-refractivity contribution is -0.111. The smallest absolute Gasteiger partial charge is 0.249 e. The van der Waals surface area contributed by atoms with E-state index in [2.05, 4.69) is 17.3 Å². The zero-order valence-corrected chi connectivity index (χ0v) is 14.5. The van der Waals surface area contributed by atoms with Crippen molar-refractivity contribution in [2.75, 3.05) is 12.1 Å². The topological polar surface area (TPSA) is 65.4 Å². The monoisotopic (exact) mass is 359 g/mol. The molecule has 1 saturated carbocycles. The molecular formula is C18H18ClN3O3. The van der Waals surface area contributed by atoms with Crippen LogP contribution in [0.1, 0.15) is 31.4 Å². The molecule has 1 amide bonds. The Morgan fingerprint density at radius 1 is 1.44 bits per heavy atom. The van der Waals surface area contributed by atoms with Gasteiger partial charge in [-0.05, 0) is 49.5 Å².